The maximum atomic E-state index is 4.75. The minimum atomic E-state index is 0.578. The molecule has 0 aromatic carbocycles. The van der Waals surface area contributed by atoms with Crippen molar-refractivity contribution in [2.24, 2.45) is 5.92 Å². The predicted octanol–water partition coefficient (Wildman–Crippen LogP) is 1.75. The first-order valence-corrected chi connectivity index (χ1v) is 7.99. The number of likely N-dealkylation sites (tertiary alicyclic amines) is 1. The molecule has 0 amide bonds. The molecule has 0 unspecified atom stereocenters. The van der Waals surface area contributed by atoms with E-state index < -0.39 is 0 Å². The molecule has 1 N–H and O–H groups in total. The number of aromatic nitrogens is 2. The Labute approximate surface area is 128 Å². The summed E-state index contributed by atoms with van der Waals surface area (Å²) in [4.78, 5) is 13.8. The van der Waals surface area contributed by atoms with Gasteiger partial charge in [-0.2, -0.15) is 0 Å². The molecule has 1 aliphatic rings. The molecule has 2 heterocycles. The van der Waals surface area contributed by atoms with Gasteiger partial charge in [0, 0.05) is 25.8 Å². The molecule has 0 bridgehead atoms. The standard InChI is InChI=1S/C16H29N5/c1-13(2)9-17-10-14-11-18-12-16(19-14)21(4)15-5-7-20(3)8-6-15/h11-13,15,17H,5-10H2,1-4H3. The van der Waals surface area contributed by atoms with Gasteiger partial charge in [-0.15, -0.1) is 0 Å². The quantitative estimate of drug-likeness (QED) is 0.865. The van der Waals surface area contributed by atoms with Crippen molar-refractivity contribution >= 4 is 5.82 Å². The second-order valence-corrected chi connectivity index (χ2v) is 6.54. The second-order valence-electron chi connectivity index (χ2n) is 6.54. The minimum Gasteiger partial charge on any atom is -0.355 e. The number of nitrogens with zero attached hydrogens (tertiary/aromatic N) is 4. The molecule has 0 aliphatic carbocycles. The van der Waals surface area contributed by atoms with Gasteiger partial charge in [-0.05, 0) is 45.4 Å². The Balaban J connectivity index is 1.93. The average Bonchev–Trinajstić information content (AvgIpc) is 2.47. The summed E-state index contributed by atoms with van der Waals surface area (Å²) in [7, 11) is 4.34. The van der Waals surface area contributed by atoms with E-state index in [0.717, 1.165) is 37.7 Å². The summed E-state index contributed by atoms with van der Waals surface area (Å²) < 4.78 is 0. The van der Waals surface area contributed by atoms with E-state index in [0.29, 0.717) is 12.0 Å². The van der Waals surface area contributed by atoms with Gasteiger partial charge in [-0.3, -0.25) is 4.98 Å². The number of hydrogen-bond donors (Lipinski definition) is 1. The Morgan fingerprint density at radius 3 is 2.71 bits per heavy atom. The van der Waals surface area contributed by atoms with E-state index in [2.05, 4.69) is 48.0 Å². The molecule has 1 aromatic heterocycles. The smallest absolute Gasteiger partial charge is 0.147 e. The van der Waals surface area contributed by atoms with Gasteiger partial charge in [0.1, 0.15) is 5.82 Å². The van der Waals surface area contributed by atoms with Crippen molar-refractivity contribution in [1.82, 2.24) is 20.2 Å². The van der Waals surface area contributed by atoms with Gasteiger partial charge in [-0.1, -0.05) is 13.8 Å². The van der Waals surface area contributed by atoms with E-state index in [1.807, 2.05) is 12.4 Å². The fourth-order valence-corrected chi connectivity index (χ4v) is 2.71. The van der Waals surface area contributed by atoms with Crippen molar-refractivity contribution in [3.05, 3.63) is 18.1 Å². The number of hydrogen-bond acceptors (Lipinski definition) is 5. The molecule has 1 saturated heterocycles. The molecule has 1 fully saturated rings. The van der Waals surface area contributed by atoms with E-state index in [1.165, 1.54) is 12.8 Å². The molecule has 0 spiro atoms. The van der Waals surface area contributed by atoms with Gasteiger partial charge in [-0.25, -0.2) is 4.98 Å². The summed E-state index contributed by atoms with van der Waals surface area (Å²) in [6.07, 6.45) is 6.14. The predicted molar refractivity (Wildman–Crippen MR) is 87.5 cm³/mol. The van der Waals surface area contributed by atoms with Crippen LogP contribution in [-0.4, -0.2) is 54.6 Å². The summed E-state index contributed by atoms with van der Waals surface area (Å²) in [5, 5.41) is 3.42. The zero-order chi connectivity index (χ0) is 15.2. The van der Waals surface area contributed by atoms with Gasteiger partial charge in [0.25, 0.3) is 0 Å². The lowest BCUT2D eigenvalue weighted by atomic mass is 10.0. The highest BCUT2D eigenvalue weighted by atomic mass is 15.2. The molecule has 1 aliphatic heterocycles. The Kier molecular flexibility index (Phi) is 5.94. The summed E-state index contributed by atoms with van der Waals surface area (Å²) >= 11 is 0. The molecule has 0 atom stereocenters. The van der Waals surface area contributed by atoms with Crippen molar-refractivity contribution in [3.8, 4) is 0 Å². The van der Waals surface area contributed by atoms with E-state index in [9.17, 15) is 0 Å². The molecule has 2 rings (SSSR count). The van der Waals surface area contributed by atoms with Gasteiger partial charge in [0.15, 0.2) is 0 Å². The summed E-state index contributed by atoms with van der Waals surface area (Å²) in [6, 6.07) is 0.578. The van der Waals surface area contributed by atoms with Crippen LogP contribution in [0.3, 0.4) is 0 Å². The fraction of sp³-hybridized carbons (Fsp3) is 0.750. The van der Waals surface area contributed by atoms with Crippen molar-refractivity contribution in [2.45, 2.75) is 39.3 Å². The monoisotopic (exact) mass is 291 g/mol. The van der Waals surface area contributed by atoms with Crippen LogP contribution >= 0.6 is 0 Å². The Hall–Kier alpha value is -1.20. The second kappa shape index (κ2) is 7.71. The highest BCUT2D eigenvalue weighted by Crippen LogP contribution is 2.19. The van der Waals surface area contributed by atoms with Gasteiger partial charge < -0.3 is 15.1 Å². The van der Waals surface area contributed by atoms with Crippen molar-refractivity contribution in [2.75, 3.05) is 38.6 Å². The third-order valence-corrected chi connectivity index (χ3v) is 4.13. The van der Waals surface area contributed by atoms with Gasteiger partial charge >= 0.3 is 0 Å². The molecule has 21 heavy (non-hydrogen) atoms. The zero-order valence-electron chi connectivity index (χ0n) is 13.8. The van der Waals surface area contributed by atoms with Crippen molar-refractivity contribution in [3.63, 3.8) is 0 Å². The minimum absolute atomic E-state index is 0.578. The molecule has 1 aromatic rings. The number of piperidine rings is 1. The van der Waals surface area contributed by atoms with Crippen LogP contribution in [-0.2, 0) is 6.54 Å². The highest BCUT2D eigenvalue weighted by molar-refractivity contribution is 5.36. The van der Waals surface area contributed by atoms with E-state index in [1.54, 1.807) is 0 Å². The summed E-state index contributed by atoms with van der Waals surface area (Å²) in [5.74, 6) is 1.65. The number of nitrogens with one attached hydrogen (secondary N) is 1. The Morgan fingerprint density at radius 1 is 1.33 bits per heavy atom. The van der Waals surface area contributed by atoms with Crippen LogP contribution in [0, 0.1) is 5.92 Å². The van der Waals surface area contributed by atoms with E-state index in [-0.39, 0.29) is 0 Å². The molecular weight excluding hydrogens is 262 g/mol. The topological polar surface area (TPSA) is 44.3 Å². The van der Waals surface area contributed by atoms with Crippen LogP contribution in [0.2, 0.25) is 0 Å². The van der Waals surface area contributed by atoms with E-state index >= 15 is 0 Å². The van der Waals surface area contributed by atoms with Crippen LogP contribution < -0.4 is 10.2 Å². The first-order valence-electron chi connectivity index (χ1n) is 7.99. The SMILES string of the molecule is CC(C)CNCc1cncc(N(C)C2CCN(C)CC2)n1. The number of anilines is 1. The maximum absolute atomic E-state index is 4.75. The highest BCUT2D eigenvalue weighted by Gasteiger charge is 2.21. The molecule has 5 heteroatoms. The molecule has 0 radical (unpaired) electrons. The average molecular weight is 291 g/mol. The third kappa shape index (κ3) is 4.93. The molecule has 5 nitrogen and oxygen atoms in total. The fourth-order valence-electron chi connectivity index (χ4n) is 2.71. The summed E-state index contributed by atoms with van der Waals surface area (Å²) in [6.45, 7) is 8.55. The van der Waals surface area contributed by atoms with Crippen LogP contribution in [0.4, 0.5) is 5.82 Å². The first kappa shape index (κ1) is 16.2. The molecule has 118 valence electrons. The van der Waals surface area contributed by atoms with Crippen LogP contribution in [0.5, 0.6) is 0 Å². The third-order valence-electron chi connectivity index (χ3n) is 4.13. The van der Waals surface area contributed by atoms with E-state index in [4.69, 9.17) is 4.98 Å². The van der Waals surface area contributed by atoms with Crippen molar-refractivity contribution < 1.29 is 0 Å². The number of rotatable bonds is 6. The largest absolute Gasteiger partial charge is 0.355 e. The normalized spacial score (nSPS) is 17.4. The maximum Gasteiger partial charge on any atom is 0.147 e. The Bertz CT molecular complexity index is 426. The summed E-state index contributed by atoms with van der Waals surface area (Å²) in [5.41, 5.74) is 1.02. The lowest BCUT2D eigenvalue weighted by molar-refractivity contribution is 0.252. The van der Waals surface area contributed by atoms with Crippen LogP contribution in [0.25, 0.3) is 0 Å². The Morgan fingerprint density at radius 2 is 2.05 bits per heavy atom. The first-order chi connectivity index (χ1) is 10.1. The zero-order valence-corrected chi connectivity index (χ0v) is 13.8. The lowest BCUT2D eigenvalue weighted by Crippen LogP contribution is -2.42. The van der Waals surface area contributed by atoms with Crippen molar-refractivity contribution in [1.29, 1.82) is 0 Å². The molecular formula is C16H29N5. The lowest BCUT2D eigenvalue weighted by Gasteiger charge is -2.35. The van der Waals surface area contributed by atoms with Crippen LogP contribution in [0.15, 0.2) is 12.4 Å². The van der Waals surface area contributed by atoms with Gasteiger partial charge in [0.2, 0.25) is 0 Å². The van der Waals surface area contributed by atoms with Crippen LogP contribution in [0.1, 0.15) is 32.4 Å². The molecule has 0 saturated carbocycles. The van der Waals surface area contributed by atoms with Gasteiger partial charge in [0.05, 0.1) is 11.9 Å².